The average Bonchev–Trinajstić information content (AvgIpc) is 2.99. The predicted molar refractivity (Wildman–Crippen MR) is 179 cm³/mol. The summed E-state index contributed by atoms with van der Waals surface area (Å²) in [4.78, 5) is 34.4. The van der Waals surface area contributed by atoms with Gasteiger partial charge in [-0.25, -0.2) is 0 Å². The first-order valence-corrected chi connectivity index (χ1v) is 18.2. The molecule has 7 heteroatoms. The van der Waals surface area contributed by atoms with E-state index in [0.717, 1.165) is 12.8 Å². The summed E-state index contributed by atoms with van der Waals surface area (Å²) >= 11 is 0. The molecule has 44 heavy (non-hydrogen) atoms. The van der Waals surface area contributed by atoms with E-state index in [1.165, 1.54) is 109 Å². The van der Waals surface area contributed by atoms with Crippen molar-refractivity contribution in [2.75, 3.05) is 19.6 Å². The maximum Gasteiger partial charge on any atom is 0.306 e. The number of carbonyl (C=O) groups is 3. The van der Waals surface area contributed by atoms with Crippen molar-refractivity contribution < 1.29 is 34.2 Å². The van der Waals surface area contributed by atoms with E-state index in [2.05, 4.69) is 19.2 Å². The molecule has 0 aliphatic heterocycles. The van der Waals surface area contributed by atoms with Gasteiger partial charge in [0.1, 0.15) is 0 Å². The molecule has 0 radical (unpaired) electrons. The van der Waals surface area contributed by atoms with Crippen LogP contribution in [0.4, 0.5) is 0 Å². The van der Waals surface area contributed by atoms with Crippen molar-refractivity contribution in [1.29, 1.82) is 0 Å². The van der Waals surface area contributed by atoms with Crippen LogP contribution in [-0.4, -0.2) is 52.2 Å². The summed E-state index contributed by atoms with van der Waals surface area (Å²) in [6, 6.07) is 0. The van der Waals surface area contributed by atoms with Gasteiger partial charge in [-0.05, 0) is 18.9 Å². The number of nitrogens with zero attached hydrogens (tertiary/aromatic N) is 1. The summed E-state index contributed by atoms with van der Waals surface area (Å²) in [7, 11) is 0. The zero-order valence-electron chi connectivity index (χ0n) is 29.0. The molecule has 0 spiro atoms. The number of rotatable bonds is 32. The largest absolute Gasteiger partial charge is 0.550 e. The Labute approximate surface area is 270 Å². The maximum atomic E-state index is 11.5. The van der Waals surface area contributed by atoms with Gasteiger partial charge in [-0.3, -0.25) is 14.1 Å². The number of aliphatic carboxylic acids is 3. The highest BCUT2D eigenvalue weighted by Crippen LogP contribution is 2.21. The fraction of sp³-hybridized carbons (Fsp3) is 0.865. The lowest BCUT2D eigenvalue weighted by atomic mass is 10.0. The molecule has 0 amide bonds. The molecule has 3 atom stereocenters. The van der Waals surface area contributed by atoms with Gasteiger partial charge in [-0.1, -0.05) is 137 Å². The molecule has 3 unspecified atom stereocenters. The number of allylic oxidation sites excluding steroid dienone is 1. The van der Waals surface area contributed by atoms with Crippen LogP contribution >= 0.6 is 0 Å². The second kappa shape index (κ2) is 27.4. The van der Waals surface area contributed by atoms with Crippen molar-refractivity contribution in [3.05, 3.63) is 12.3 Å². The topological polar surface area (TPSA) is 115 Å². The number of quaternary nitrogens is 1. The highest BCUT2D eigenvalue weighted by Gasteiger charge is 2.29. The lowest BCUT2D eigenvalue weighted by molar-refractivity contribution is -0.881. The highest BCUT2D eigenvalue weighted by molar-refractivity contribution is 5.69. The zero-order valence-corrected chi connectivity index (χ0v) is 29.0. The van der Waals surface area contributed by atoms with E-state index >= 15 is 0 Å². The monoisotopic (exact) mass is 624 g/mol. The smallest absolute Gasteiger partial charge is 0.306 e. The fourth-order valence-corrected chi connectivity index (χ4v) is 5.74. The number of hydrogen-bond donors (Lipinski definition) is 2. The van der Waals surface area contributed by atoms with Crippen LogP contribution in [0.3, 0.4) is 0 Å². The van der Waals surface area contributed by atoms with Crippen LogP contribution < -0.4 is 5.11 Å². The number of carbonyl (C=O) groups excluding carboxylic acids is 1. The Balaban J connectivity index is 4.46. The molecule has 2 N–H and O–H groups in total. The van der Waals surface area contributed by atoms with Crippen molar-refractivity contribution in [1.82, 2.24) is 0 Å². The van der Waals surface area contributed by atoms with Crippen LogP contribution in [0, 0.1) is 17.8 Å². The minimum Gasteiger partial charge on any atom is -0.550 e. The number of carboxylic acid groups (broad SMARTS) is 3. The van der Waals surface area contributed by atoms with Gasteiger partial charge < -0.3 is 20.1 Å². The van der Waals surface area contributed by atoms with Crippen molar-refractivity contribution in [2.45, 2.75) is 169 Å². The molecule has 0 bridgehead atoms. The SMILES string of the molecule is CCCCCCCCCCCCCCCCCCCC/C=C/[N+](CCC(C)C(=O)[O-])(CCC(C)C(=O)O)CCC(C)C(=O)O. The normalized spacial score (nSPS) is 15.2. The van der Waals surface area contributed by atoms with Gasteiger partial charge >= 0.3 is 11.9 Å². The van der Waals surface area contributed by atoms with Crippen LogP contribution in [0.1, 0.15) is 169 Å². The van der Waals surface area contributed by atoms with Crippen molar-refractivity contribution in [3.63, 3.8) is 0 Å². The predicted octanol–water partition coefficient (Wildman–Crippen LogP) is 8.75. The Bertz CT molecular complexity index is 707. The molecule has 0 aliphatic carbocycles. The lowest BCUT2D eigenvalue weighted by Crippen LogP contribution is -2.48. The van der Waals surface area contributed by atoms with Crippen LogP contribution in [0.2, 0.25) is 0 Å². The first-order valence-electron chi connectivity index (χ1n) is 18.2. The minimum atomic E-state index is -1.09. The number of hydrogen-bond acceptors (Lipinski definition) is 4. The maximum absolute atomic E-state index is 11.5. The summed E-state index contributed by atoms with van der Waals surface area (Å²) in [5.74, 6) is -4.47. The molecular formula is C37H69NO6. The van der Waals surface area contributed by atoms with E-state index in [-0.39, 0.29) is 0 Å². The summed E-state index contributed by atoms with van der Waals surface area (Å²) < 4.78 is 0.409. The molecule has 7 nitrogen and oxygen atoms in total. The zero-order chi connectivity index (χ0) is 33.1. The number of carboxylic acids is 3. The first kappa shape index (κ1) is 42.1. The van der Waals surface area contributed by atoms with Gasteiger partial charge in [-0.15, -0.1) is 0 Å². The van der Waals surface area contributed by atoms with E-state index < -0.39 is 35.7 Å². The quantitative estimate of drug-likeness (QED) is 0.0572. The molecule has 0 aliphatic rings. The van der Waals surface area contributed by atoms with Gasteiger partial charge in [0, 0.05) is 31.1 Å². The van der Waals surface area contributed by atoms with E-state index in [9.17, 15) is 29.7 Å². The molecule has 0 aromatic rings. The van der Waals surface area contributed by atoms with Gasteiger partial charge in [0.2, 0.25) is 0 Å². The standard InChI is InChI=1S/C37H69NO6/c1-5-6-7-8-9-10-11-12-13-14-15-16-17-18-19-20-21-22-23-24-28-38(29-25-32(2)35(39)40,30-26-33(3)36(41)42)31-27-34(4)37(43)44/h24,28,32-34H,5-23,25-27,29-31H2,1-4H3,(H2-,39,40,41,42,43,44)/b28-24+. The van der Waals surface area contributed by atoms with Gasteiger partial charge in [0.15, 0.2) is 0 Å². The fourth-order valence-electron chi connectivity index (χ4n) is 5.74. The van der Waals surface area contributed by atoms with E-state index in [0.29, 0.717) is 43.4 Å². The van der Waals surface area contributed by atoms with Crippen LogP contribution in [0.25, 0.3) is 0 Å². The highest BCUT2D eigenvalue weighted by atomic mass is 16.4. The molecule has 0 aromatic heterocycles. The van der Waals surface area contributed by atoms with E-state index in [1.807, 2.05) is 0 Å². The minimum absolute atomic E-state index is 0.398. The van der Waals surface area contributed by atoms with Crippen LogP contribution in [0.5, 0.6) is 0 Å². The summed E-state index contributed by atoms with van der Waals surface area (Å²) in [6.07, 6.45) is 30.6. The third kappa shape index (κ3) is 23.5. The summed E-state index contributed by atoms with van der Waals surface area (Å²) in [6.45, 7) is 8.86. The van der Waals surface area contributed by atoms with Crippen LogP contribution in [-0.2, 0) is 14.4 Å². The van der Waals surface area contributed by atoms with Gasteiger partial charge in [0.05, 0.1) is 37.7 Å². The molecular weight excluding hydrogens is 554 g/mol. The van der Waals surface area contributed by atoms with Crippen molar-refractivity contribution >= 4 is 17.9 Å². The van der Waals surface area contributed by atoms with Crippen molar-refractivity contribution in [3.8, 4) is 0 Å². The molecule has 0 saturated heterocycles. The molecule has 258 valence electrons. The Morgan fingerprint density at radius 3 is 1.20 bits per heavy atom. The van der Waals surface area contributed by atoms with Crippen molar-refractivity contribution in [2.24, 2.45) is 17.8 Å². The molecule has 0 rings (SSSR count). The first-order chi connectivity index (χ1) is 21.0. The number of unbranched alkanes of at least 4 members (excludes halogenated alkanes) is 18. The Kier molecular flexibility index (Phi) is 26.2. The second-order valence-corrected chi connectivity index (χ2v) is 13.6. The Morgan fingerprint density at radius 2 is 0.886 bits per heavy atom. The Hall–Kier alpha value is -1.89. The molecule has 0 heterocycles. The van der Waals surface area contributed by atoms with E-state index in [4.69, 9.17) is 0 Å². The third-order valence-electron chi connectivity index (χ3n) is 9.41. The summed E-state index contributed by atoms with van der Waals surface area (Å²) in [5, 5.41) is 30.2. The third-order valence-corrected chi connectivity index (χ3v) is 9.41. The molecule has 0 saturated carbocycles. The second-order valence-electron chi connectivity index (χ2n) is 13.6. The Morgan fingerprint density at radius 1 is 0.568 bits per heavy atom. The molecule has 0 aromatic carbocycles. The summed E-state index contributed by atoms with van der Waals surface area (Å²) in [5.41, 5.74) is 0. The van der Waals surface area contributed by atoms with Gasteiger partial charge in [0.25, 0.3) is 0 Å². The van der Waals surface area contributed by atoms with E-state index in [1.54, 1.807) is 20.8 Å². The van der Waals surface area contributed by atoms with Crippen LogP contribution in [0.15, 0.2) is 12.3 Å². The lowest BCUT2D eigenvalue weighted by Gasteiger charge is -2.37. The van der Waals surface area contributed by atoms with Gasteiger partial charge in [-0.2, -0.15) is 0 Å². The molecule has 0 fully saturated rings. The average molecular weight is 624 g/mol.